The van der Waals surface area contributed by atoms with E-state index in [9.17, 15) is 4.79 Å². The molecule has 37 heavy (non-hydrogen) atoms. The van der Waals surface area contributed by atoms with Crippen LogP contribution in [-0.2, 0) is 4.79 Å². The van der Waals surface area contributed by atoms with Crippen LogP contribution in [0.3, 0.4) is 0 Å². The van der Waals surface area contributed by atoms with Gasteiger partial charge in [-0.15, -0.1) is 0 Å². The van der Waals surface area contributed by atoms with Gasteiger partial charge in [-0.25, -0.2) is 4.98 Å². The van der Waals surface area contributed by atoms with Gasteiger partial charge in [-0.1, -0.05) is 13.8 Å². The van der Waals surface area contributed by atoms with Crippen molar-refractivity contribution in [2.75, 3.05) is 5.32 Å². The molecule has 1 amide bonds. The highest BCUT2D eigenvalue weighted by Gasteiger charge is 2.17. The van der Waals surface area contributed by atoms with Crippen LogP contribution in [0.15, 0.2) is 67.5 Å². The summed E-state index contributed by atoms with van der Waals surface area (Å²) < 4.78 is 0. The number of carbonyl (C=O) groups excluding carboxylic acids is 1. The van der Waals surface area contributed by atoms with Crippen molar-refractivity contribution in [1.82, 2.24) is 40.1 Å². The Morgan fingerprint density at radius 1 is 0.919 bits per heavy atom. The number of aromatic amines is 2. The Hall–Kier alpha value is -4.99. The molecular weight excluding hydrogens is 466 g/mol. The molecule has 0 aliphatic rings. The summed E-state index contributed by atoms with van der Waals surface area (Å²) in [5.41, 5.74) is 6.89. The molecular formula is C27H23N9O. The lowest BCUT2D eigenvalue weighted by atomic mass is 10.1. The molecule has 6 aromatic rings. The number of carbonyl (C=O) groups is 1. The molecule has 6 rings (SSSR count). The summed E-state index contributed by atoms with van der Waals surface area (Å²) in [6.07, 6.45) is 10.8. The van der Waals surface area contributed by atoms with Crippen molar-refractivity contribution in [3.05, 3.63) is 67.5 Å². The van der Waals surface area contributed by atoms with E-state index in [0.717, 1.165) is 38.8 Å². The summed E-state index contributed by atoms with van der Waals surface area (Å²) in [6, 6.07) is 9.52. The number of pyridine rings is 4. The van der Waals surface area contributed by atoms with Gasteiger partial charge >= 0.3 is 0 Å². The van der Waals surface area contributed by atoms with E-state index in [-0.39, 0.29) is 11.8 Å². The molecule has 0 bridgehead atoms. The van der Waals surface area contributed by atoms with E-state index in [0.29, 0.717) is 29.3 Å². The Morgan fingerprint density at radius 3 is 2.62 bits per heavy atom. The Bertz CT molecular complexity index is 1740. The van der Waals surface area contributed by atoms with Crippen molar-refractivity contribution in [2.45, 2.75) is 20.3 Å². The van der Waals surface area contributed by atoms with Gasteiger partial charge in [-0.05, 0) is 36.2 Å². The molecule has 0 saturated carbocycles. The molecule has 0 radical (unpaired) electrons. The molecule has 0 aromatic carbocycles. The zero-order chi connectivity index (χ0) is 25.4. The molecule has 0 fully saturated rings. The van der Waals surface area contributed by atoms with Crippen LogP contribution in [0, 0.1) is 5.92 Å². The van der Waals surface area contributed by atoms with Crippen LogP contribution in [0.25, 0.3) is 56.0 Å². The third-order valence-electron chi connectivity index (χ3n) is 5.94. The Morgan fingerprint density at radius 2 is 1.78 bits per heavy atom. The monoisotopic (exact) mass is 489 g/mol. The molecule has 10 heteroatoms. The Kier molecular flexibility index (Phi) is 5.61. The maximum atomic E-state index is 12.2. The van der Waals surface area contributed by atoms with E-state index in [2.05, 4.69) is 40.4 Å². The molecule has 3 N–H and O–H groups in total. The van der Waals surface area contributed by atoms with Crippen molar-refractivity contribution < 1.29 is 4.79 Å². The predicted molar refractivity (Wildman–Crippen MR) is 141 cm³/mol. The number of rotatable bonds is 6. The van der Waals surface area contributed by atoms with E-state index in [4.69, 9.17) is 4.98 Å². The van der Waals surface area contributed by atoms with Gasteiger partial charge in [0, 0.05) is 47.7 Å². The highest BCUT2D eigenvalue weighted by atomic mass is 16.1. The molecule has 182 valence electrons. The summed E-state index contributed by atoms with van der Waals surface area (Å²) in [7, 11) is 0. The van der Waals surface area contributed by atoms with Gasteiger partial charge in [0.05, 0.1) is 40.5 Å². The second-order valence-corrected chi connectivity index (χ2v) is 9.17. The van der Waals surface area contributed by atoms with Crippen molar-refractivity contribution in [2.24, 2.45) is 5.92 Å². The number of aromatic nitrogens is 8. The summed E-state index contributed by atoms with van der Waals surface area (Å²) in [5.74, 6) is 0.851. The van der Waals surface area contributed by atoms with Crippen molar-refractivity contribution in [3.63, 3.8) is 0 Å². The second kappa shape index (κ2) is 9.23. The zero-order valence-electron chi connectivity index (χ0n) is 20.2. The summed E-state index contributed by atoms with van der Waals surface area (Å²) in [4.78, 5) is 38.0. The number of hydrogen-bond donors (Lipinski definition) is 3. The molecule has 0 saturated heterocycles. The molecule has 6 heterocycles. The lowest BCUT2D eigenvalue weighted by Gasteiger charge is -2.08. The number of anilines is 1. The number of hydrogen-bond acceptors (Lipinski definition) is 7. The van der Waals surface area contributed by atoms with E-state index >= 15 is 0 Å². The normalized spacial score (nSPS) is 11.4. The van der Waals surface area contributed by atoms with E-state index in [1.54, 1.807) is 37.2 Å². The second-order valence-electron chi connectivity index (χ2n) is 9.17. The lowest BCUT2D eigenvalue weighted by Crippen LogP contribution is -2.13. The first-order chi connectivity index (χ1) is 18.0. The van der Waals surface area contributed by atoms with Crippen LogP contribution in [0.4, 0.5) is 5.69 Å². The zero-order valence-corrected chi connectivity index (χ0v) is 20.2. The molecule has 6 aromatic heterocycles. The van der Waals surface area contributed by atoms with Crippen LogP contribution in [-0.4, -0.2) is 46.0 Å². The third-order valence-corrected chi connectivity index (χ3v) is 5.94. The number of imidazole rings is 1. The van der Waals surface area contributed by atoms with Crippen LogP contribution < -0.4 is 5.32 Å². The van der Waals surface area contributed by atoms with Crippen molar-refractivity contribution >= 4 is 33.5 Å². The fraction of sp³-hybridized carbons (Fsp3) is 0.148. The summed E-state index contributed by atoms with van der Waals surface area (Å²) >= 11 is 0. The summed E-state index contributed by atoms with van der Waals surface area (Å²) in [5, 5.41) is 11.3. The minimum absolute atomic E-state index is 0.0417. The smallest absolute Gasteiger partial charge is 0.224 e. The quantitative estimate of drug-likeness (QED) is 0.299. The van der Waals surface area contributed by atoms with Crippen LogP contribution >= 0.6 is 0 Å². The van der Waals surface area contributed by atoms with Crippen molar-refractivity contribution in [3.8, 4) is 34.0 Å². The Labute approximate surface area is 211 Å². The standard InChI is InChI=1S/C27H23N9O/c1-15(2)9-23(37)32-18-10-17(12-29-13-18)21-11-19-22(14-31-21)35-36-25(19)27-33-20-5-8-30-24(26(20)34-27)16-3-6-28-7-4-16/h3-8,10-15H,9H2,1-2H3,(H,32,37)(H,33,34)(H,35,36). The highest BCUT2D eigenvalue weighted by molar-refractivity contribution is 5.97. The molecule has 0 unspecified atom stereocenters. The maximum absolute atomic E-state index is 12.2. The first kappa shape index (κ1) is 22.5. The predicted octanol–water partition coefficient (Wildman–Crippen LogP) is 5.00. The average Bonchev–Trinajstić information content (AvgIpc) is 3.52. The SMILES string of the molecule is CC(C)CC(=O)Nc1cncc(-c2cc3c(-c4nc5c(-c6ccncc6)nccc5[nH]4)n[nH]c3cn2)c1. The van der Waals surface area contributed by atoms with E-state index < -0.39 is 0 Å². The summed E-state index contributed by atoms with van der Waals surface area (Å²) in [6.45, 7) is 4.02. The van der Waals surface area contributed by atoms with Gasteiger partial charge in [0.2, 0.25) is 5.91 Å². The Balaban J connectivity index is 1.38. The van der Waals surface area contributed by atoms with Gasteiger partial charge in [0.25, 0.3) is 0 Å². The topological polar surface area (TPSA) is 138 Å². The van der Waals surface area contributed by atoms with Gasteiger partial charge < -0.3 is 10.3 Å². The number of H-pyrrole nitrogens is 2. The lowest BCUT2D eigenvalue weighted by molar-refractivity contribution is -0.116. The first-order valence-corrected chi connectivity index (χ1v) is 11.9. The van der Waals surface area contributed by atoms with Gasteiger partial charge in [0.15, 0.2) is 5.82 Å². The fourth-order valence-corrected chi connectivity index (χ4v) is 4.25. The molecule has 0 atom stereocenters. The van der Waals surface area contributed by atoms with Crippen LogP contribution in [0.5, 0.6) is 0 Å². The molecule has 0 aliphatic carbocycles. The van der Waals surface area contributed by atoms with Crippen LogP contribution in [0.2, 0.25) is 0 Å². The average molecular weight is 490 g/mol. The molecule has 0 aliphatic heterocycles. The van der Waals surface area contributed by atoms with Gasteiger partial charge in [0.1, 0.15) is 11.2 Å². The maximum Gasteiger partial charge on any atom is 0.224 e. The van der Waals surface area contributed by atoms with E-state index in [1.807, 2.05) is 44.2 Å². The van der Waals surface area contributed by atoms with Crippen LogP contribution in [0.1, 0.15) is 20.3 Å². The first-order valence-electron chi connectivity index (χ1n) is 11.9. The number of amides is 1. The van der Waals surface area contributed by atoms with E-state index in [1.165, 1.54) is 0 Å². The largest absolute Gasteiger partial charge is 0.336 e. The van der Waals surface area contributed by atoms with Crippen molar-refractivity contribution in [1.29, 1.82) is 0 Å². The fourth-order valence-electron chi connectivity index (χ4n) is 4.25. The number of nitrogens with one attached hydrogen (secondary N) is 3. The number of fused-ring (bicyclic) bond motifs is 2. The molecule has 0 spiro atoms. The highest BCUT2D eigenvalue weighted by Crippen LogP contribution is 2.31. The molecule has 10 nitrogen and oxygen atoms in total. The van der Waals surface area contributed by atoms with Gasteiger partial charge in [-0.2, -0.15) is 5.10 Å². The minimum atomic E-state index is -0.0417. The number of nitrogens with zero attached hydrogens (tertiary/aromatic N) is 6. The minimum Gasteiger partial charge on any atom is -0.336 e. The third kappa shape index (κ3) is 4.40. The van der Waals surface area contributed by atoms with Gasteiger partial charge in [-0.3, -0.25) is 29.8 Å².